The summed E-state index contributed by atoms with van der Waals surface area (Å²) < 4.78 is 6.87. The first kappa shape index (κ1) is 15.1. The highest BCUT2D eigenvalue weighted by molar-refractivity contribution is 9.11. The number of benzene rings is 1. The van der Waals surface area contributed by atoms with Crippen molar-refractivity contribution in [3.8, 4) is 11.8 Å². The average Bonchev–Trinajstić information content (AvgIpc) is 2.43. The van der Waals surface area contributed by atoms with E-state index in [1.165, 1.54) is 6.20 Å². The molecule has 0 fully saturated rings. The second kappa shape index (κ2) is 6.44. The molecule has 0 aliphatic carbocycles. The maximum atomic E-state index is 8.96. The second-order valence-electron chi connectivity index (χ2n) is 3.72. The molecular formula is C13H8Br2ClN3O. The predicted molar refractivity (Wildman–Crippen MR) is 85.6 cm³/mol. The molecule has 0 saturated carbocycles. The zero-order valence-corrected chi connectivity index (χ0v) is 14.2. The van der Waals surface area contributed by atoms with E-state index in [-0.39, 0.29) is 5.02 Å². The van der Waals surface area contributed by atoms with E-state index in [0.29, 0.717) is 17.1 Å². The van der Waals surface area contributed by atoms with Crippen LogP contribution in [0.1, 0.15) is 5.56 Å². The van der Waals surface area contributed by atoms with E-state index in [9.17, 15) is 0 Å². The maximum absolute atomic E-state index is 8.96. The molecular weight excluding hydrogens is 409 g/mol. The van der Waals surface area contributed by atoms with Crippen molar-refractivity contribution in [3.63, 3.8) is 0 Å². The molecule has 1 heterocycles. The molecule has 0 aliphatic rings. The van der Waals surface area contributed by atoms with E-state index in [1.54, 1.807) is 19.2 Å². The first-order chi connectivity index (χ1) is 9.56. The number of anilines is 2. The molecule has 1 N–H and O–H groups in total. The Kier molecular flexibility index (Phi) is 4.86. The lowest BCUT2D eigenvalue weighted by atomic mass is 10.2. The fourth-order valence-corrected chi connectivity index (χ4v) is 2.98. The summed E-state index contributed by atoms with van der Waals surface area (Å²) in [6.45, 7) is 0. The van der Waals surface area contributed by atoms with Gasteiger partial charge < -0.3 is 10.1 Å². The molecule has 20 heavy (non-hydrogen) atoms. The van der Waals surface area contributed by atoms with Crippen LogP contribution in [0.3, 0.4) is 0 Å². The fourth-order valence-electron chi connectivity index (χ4n) is 1.53. The van der Waals surface area contributed by atoms with Crippen LogP contribution in [0.2, 0.25) is 5.02 Å². The van der Waals surface area contributed by atoms with Crippen molar-refractivity contribution in [2.45, 2.75) is 0 Å². The number of nitrogens with zero attached hydrogens (tertiary/aromatic N) is 2. The first-order valence-corrected chi connectivity index (χ1v) is 7.38. The molecule has 1 aromatic heterocycles. The van der Waals surface area contributed by atoms with Crippen LogP contribution in [0.5, 0.6) is 5.75 Å². The smallest absolute Gasteiger partial charge is 0.150 e. The van der Waals surface area contributed by atoms with Crippen LogP contribution in [0.25, 0.3) is 0 Å². The molecule has 0 atom stereocenters. The highest BCUT2D eigenvalue weighted by atomic mass is 79.9. The summed E-state index contributed by atoms with van der Waals surface area (Å²) in [4.78, 5) is 4.13. The Hall–Kier alpha value is -1.29. The van der Waals surface area contributed by atoms with Crippen molar-refractivity contribution in [3.05, 3.63) is 43.9 Å². The molecule has 0 aliphatic heterocycles. The number of ether oxygens (including phenoxy) is 1. The van der Waals surface area contributed by atoms with E-state index in [1.807, 2.05) is 12.1 Å². The van der Waals surface area contributed by atoms with Gasteiger partial charge in [-0.3, -0.25) is 0 Å². The van der Waals surface area contributed by atoms with Crippen molar-refractivity contribution < 1.29 is 4.74 Å². The van der Waals surface area contributed by atoms with Gasteiger partial charge in [0.1, 0.15) is 16.8 Å². The van der Waals surface area contributed by atoms with Gasteiger partial charge in [0, 0.05) is 16.7 Å². The minimum atomic E-state index is 0.281. The second-order valence-corrected chi connectivity index (χ2v) is 5.81. The van der Waals surface area contributed by atoms with E-state index in [0.717, 1.165) is 14.6 Å². The van der Waals surface area contributed by atoms with Crippen molar-refractivity contribution in [1.29, 1.82) is 5.26 Å². The van der Waals surface area contributed by atoms with E-state index >= 15 is 0 Å². The summed E-state index contributed by atoms with van der Waals surface area (Å²) in [6, 6.07) is 7.22. The molecule has 2 aromatic rings. The average molecular weight is 417 g/mol. The predicted octanol–water partition coefficient (Wildman–Crippen LogP) is 4.88. The van der Waals surface area contributed by atoms with Crippen molar-refractivity contribution in [2.24, 2.45) is 0 Å². The quantitative estimate of drug-likeness (QED) is 0.773. The molecule has 0 amide bonds. The van der Waals surface area contributed by atoms with Crippen LogP contribution < -0.4 is 10.1 Å². The molecule has 1 aromatic carbocycles. The van der Waals surface area contributed by atoms with Crippen molar-refractivity contribution in [2.75, 3.05) is 12.4 Å². The van der Waals surface area contributed by atoms with Gasteiger partial charge in [-0.2, -0.15) is 5.26 Å². The lowest BCUT2D eigenvalue weighted by Gasteiger charge is -2.12. The number of methoxy groups -OCH3 is 1. The minimum absolute atomic E-state index is 0.281. The summed E-state index contributed by atoms with van der Waals surface area (Å²) in [5.74, 6) is 1.08. The van der Waals surface area contributed by atoms with Crippen LogP contribution in [0, 0.1) is 11.3 Å². The standard InChI is InChI=1S/C13H8Br2ClN3O/c1-20-11-5-10(8(14)4-9(11)15)19-13-12(16)7(6-17)2-3-18-13/h2-5H,1H3,(H,18,19). The monoisotopic (exact) mass is 415 g/mol. The molecule has 0 bridgehead atoms. The Balaban J connectivity index is 2.43. The Morgan fingerprint density at radius 3 is 2.75 bits per heavy atom. The highest BCUT2D eigenvalue weighted by Gasteiger charge is 2.11. The van der Waals surface area contributed by atoms with Gasteiger partial charge in [-0.15, -0.1) is 0 Å². The van der Waals surface area contributed by atoms with Crippen LogP contribution in [0.4, 0.5) is 11.5 Å². The number of nitriles is 1. The molecule has 0 radical (unpaired) electrons. The van der Waals surface area contributed by atoms with Gasteiger partial charge in [-0.25, -0.2) is 4.98 Å². The Morgan fingerprint density at radius 2 is 2.10 bits per heavy atom. The highest BCUT2D eigenvalue weighted by Crippen LogP contribution is 2.37. The van der Waals surface area contributed by atoms with Gasteiger partial charge >= 0.3 is 0 Å². The van der Waals surface area contributed by atoms with Gasteiger partial charge in [0.15, 0.2) is 5.82 Å². The summed E-state index contributed by atoms with van der Waals surface area (Å²) in [6.07, 6.45) is 1.52. The van der Waals surface area contributed by atoms with Gasteiger partial charge in [0.05, 0.1) is 22.8 Å². The molecule has 0 spiro atoms. The third-order valence-electron chi connectivity index (χ3n) is 2.50. The first-order valence-electron chi connectivity index (χ1n) is 5.41. The zero-order chi connectivity index (χ0) is 14.7. The topological polar surface area (TPSA) is 57.9 Å². The number of hydrogen-bond acceptors (Lipinski definition) is 4. The van der Waals surface area contributed by atoms with Crippen LogP contribution in [-0.2, 0) is 0 Å². The van der Waals surface area contributed by atoms with Crippen molar-refractivity contribution in [1.82, 2.24) is 4.98 Å². The normalized spacial score (nSPS) is 9.95. The third-order valence-corrected chi connectivity index (χ3v) is 4.16. The number of pyridine rings is 1. The molecule has 0 saturated heterocycles. The zero-order valence-electron chi connectivity index (χ0n) is 10.2. The summed E-state index contributed by atoms with van der Waals surface area (Å²) in [5.41, 5.74) is 1.10. The number of aromatic nitrogens is 1. The number of rotatable bonds is 3. The van der Waals surface area contributed by atoms with Gasteiger partial charge in [0.2, 0.25) is 0 Å². The Labute approximate surface area is 138 Å². The van der Waals surface area contributed by atoms with Gasteiger partial charge in [-0.05, 0) is 44.0 Å². The van der Waals surface area contributed by atoms with E-state index < -0.39 is 0 Å². The maximum Gasteiger partial charge on any atom is 0.150 e. The largest absolute Gasteiger partial charge is 0.495 e. The number of nitrogens with one attached hydrogen (secondary N) is 1. The van der Waals surface area contributed by atoms with Crippen LogP contribution >= 0.6 is 43.5 Å². The van der Waals surface area contributed by atoms with Gasteiger partial charge in [0.25, 0.3) is 0 Å². The van der Waals surface area contributed by atoms with Gasteiger partial charge in [-0.1, -0.05) is 11.6 Å². The van der Waals surface area contributed by atoms with Crippen LogP contribution in [-0.4, -0.2) is 12.1 Å². The number of halogens is 3. The molecule has 2 rings (SSSR count). The Morgan fingerprint density at radius 1 is 1.35 bits per heavy atom. The SMILES string of the molecule is COc1cc(Nc2nccc(C#N)c2Cl)c(Br)cc1Br. The molecule has 4 nitrogen and oxygen atoms in total. The van der Waals surface area contributed by atoms with Crippen LogP contribution in [0.15, 0.2) is 33.3 Å². The van der Waals surface area contributed by atoms with E-state index in [4.69, 9.17) is 21.6 Å². The third kappa shape index (κ3) is 3.06. The number of hydrogen-bond donors (Lipinski definition) is 1. The van der Waals surface area contributed by atoms with E-state index in [2.05, 4.69) is 42.2 Å². The summed E-state index contributed by atoms with van der Waals surface area (Å²) in [7, 11) is 1.58. The Bertz CT molecular complexity index is 701. The van der Waals surface area contributed by atoms with Crippen molar-refractivity contribution >= 4 is 55.0 Å². The fraction of sp³-hybridized carbons (Fsp3) is 0.0769. The summed E-state index contributed by atoms with van der Waals surface area (Å²) in [5, 5.41) is 12.3. The molecule has 7 heteroatoms. The molecule has 0 unspecified atom stereocenters. The summed E-state index contributed by atoms with van der Waals surface area (Å²) >= 11 is 13.0. The lowest BCUT2D eigenvalue weighted by Crippen LogP contribution is -1.98. The molecule has 102 valence electrons. The minimum Gasteiger partial charge on any atom is -0.495 e. The lowest BCUT2D eigenvalue weighted by molar-refractivity contribution is 0.412.